The number of anilines is 2. The van der Waals surface area contributed by atoms with Gasteiger partial charge in [-0.05, 0) is 69.6 Å². The summed E-state index contributed by atoms with van der Waals surface area (Å²) in [6.45, 7) is 7.64. The second kappa shape index (κ2) is 8.91. The van der Waals surface area contributed by atoms with Crippen molar-refractivity contribution >= 4 is 11.4 Å². The average Bonchev–Trinajstić information content (AvgIpc) is 2.64. The topological polar surface area (TPSA) is 50.5 Å². The molecule has 2 fully saturated rings. The molecule has 0 amide bonds. The molecule has 1 aliphatic carbocycles. The molecule has 1 heterocycles. The van der Waals surface area contributed by atoms with E-state index in [0.29, 0.717) is 12.1 Å². The Morgan fingerprint density at radius 1 is 1.12 bits per heavy atom. The van der Waals surface area contributed by atoms with Gasteiger partial charge in [0, 0.05) is 31.8 Å². The molecule has 0 spiro atoms. The van der Waals surface area contributed by atoms with Crippen LogP contribution in [0.5, 0.6) is 0 Å². The highest BCUT2D eigenvalue weighted by Gasteiger charge is 2.29. The molecule has 3 rings (SSSR count). The summed E-state index contributed by atoms with van der Waals surface area (Å²) in [5, 5.41) is 3.67. The lowest BCUT2D eigenvalue weighted by Gasteiger charge is -2.41. The molecule has 1 saturated heterocycles. The first-order chi connectivity index (χ1) is 12.2. The summed E-state index contributed by atoms with van der Waals surface area (Å²) in [6, 6.07) is 7.56. The van der Waals surface area contributed by atoms with Gasteiger partial charge in [0.1, 0.15) is 0 Å². The van der Waals surface area contributed by atoms with E-state index in [-0.39, 0.29) is 0 Å². The van der Waals surface area contributed by atoms with Crippen LogP contribution in [0.3, 0.4) is 0 Å². The molecule has 3 N–H and O–H groups in total. The number of likely N-dealkylation sites (tertiary alicyclic amines) is 1. The second-order valence-electron chi connectivity index (χ2n) is 7.85. The Kier molecular flexibility index (Phi) is 6.60. The van der Waals surface area contributed by atoms with Crippen molar-refractivity contribution in [3.8, 4) is 0 Å². The third kappa shape index (κ3) is 5.11. The molecular formula is C21H35N3O. The predicted molar refractivity (Wildman–Crippen MR) is 106 cm³/mol. The van der Waals surface area contributed by atoms with Gasteiger partial charge in [-0.3, -0.25) is 0 Å². The molecule has 140 valence electrons. The molecule has 1 aromatic carbocycles. The summed E-state index contributed by atoms with van der Waals surface area (Å²) in [5.41, 5.74) is 9.34. The van der Waals surface area contributed by atoms with Crippen molar-refractivity contribution in [2.45, 2.75) is 77.0 Å². The minimum Gasteiger partial charge on any atom is -0.397 e. The van der Waals surface area contributed by atoms with E-state index in [1.54, 1.807) is 0 Å². The first kappa shape index (κ1) is 18.5. The fourth-order valence-electron chi connectivity index (χ4n) is 4.29. The van der Waals surface area contributed by atoms with Crippen LogP contribution in [0.1, 0.15) is 57.4 Å². The maximum Gasteiger partial charge on any atom is 0.0578 e. The molecule has 0 unspecified atom stereocenters. The second-order valence-corrected chi connectivity index (χ2v) is 7.85. The zero-order valence-corrected chi connectivity index (χ0v) is 16.0. The molecule has 0 atom stereocenters. The molecule has 1 aliphatic heterocycles. The fourth-order valence-corrected chi connectivity index (χ4v) is 4.29. The van der Waals surface area contributed by atoms with E-state index in [4.69, 9.17) is 10.5 Å². The number of aryl methyl sites for hydroxylation is 1. The van der Waals surface area contributed by atoms with Crippen LogP contribution in [-0.4, -0.2) is 42.8 Å². The lowest BCUT2D eigenvalue weighted by molar-refractivity contribution is 0.00428. The maximum atomic E-state index is 6.11. The molecule has 25 heavy (non-hydrogen) atoms. The van der Waals surface area contributed by atoms with Gasteiger partial charge in [0.15, 0.2) is 0 Å². The van der Waals surface area contributed by atoms with E-state index >= 15 is 0 Å². The van der Waals surface area contributed by atoms with Gasteiger partial charge in [0.05, 0.1) is 17.5 Å². The standard InChI is InChI=1S/C21H35N3O/c1-3-14-25-19-7-5-18(6-8-19)24-12-10-17(11-13-24)23-21-15-16(2)4-9-20(21)22/h4,9,15,17-19,23H,3,5-8,10-14,22H2,1-2H3/t18-,19+. The Bertz CT molecular complexity index is 532. The van der Waals surface area contributed by atoms with Crippen LogP contribution in [0.2, 0.25) is 0 Å². The van der Waals surface area contributed by atoms with E-state index in [1.165, 1.54) is 57.2 Å². The quantitative estimate of drug-likeness (QED) is 0.759. The van der Waals surface area contributed by atoms with E-state index in [2.05, 4.69) is 36.2 Å². The molecule has 4 heteroatoms. The third-order valence-electron chi connectivity index (χ3n) is 5.82. The summed E-state index contributed by atoms with van der Waals surface area (Å²) in [6.07, 6.45) is 9.14. The van der Waals surface area contributed by atoms with Crippen LogP contribution in [0.15, 0.2) is 18.2 Å². The largest absolute Gasteiger partial charge is 0.397 e. The zero-order chi connectivity index (χ0) is 17.6. The van der Waals surface area contributed by atoms with Gasteiger partial charge >= 0.3 is 0 Å². The number of nitrogens with zero attached hydrogens (tertiary/aromatic N) is 1. The van der Waals surface area contributed by atoms with Gasteiger partial charge in [0.2, 0.25) is 0 Å². The highest BCUT2D eigenvalue weighted by atomic mass is 16.5. The summed E-state index contributed by atoms with van der Waals surface area (Å²) in [7, 11) is 0. The number of nitrogen functional groups attached to an aromatic ring is 1. The monoisotopic (exact) mass is 345 g/mol. The zero-order valence-electron chi connectivity index (χ0n) is 16.0. The maximum absolute atomic E-state index is 6.11. The van der Waals surface area contributed by atoms with Crippen molar-refractivity contribution in [3.63, 3.8) is 0 Å². The molecule has 1 aromatic rings. The Balaban J connectivity index is 1.42. The van der Waals surface area contributed by atoms with Gasteiger partial charge in [-0.1, -0.05) is 13.0 Å². The minimum absolute atomic E-state index is 0.514. The van der Waals surface area contributed by atoms with Gasteiger partial charge in [-0.25, -0.2) is 0 Å². The number of hydrogen-bond acceptors (Lipinski definition) is 4. The van der Waals surface area contributed by atoms with Crippen molar-refractivity contribution in [1.29, 1.82) is 0 Å². The van der Waals surface area contributed by atoms with Crippen LogP contribution in [-0.2, 0) is 4.74 Å². The lowest BCUT2D eigenvalue weighted by Crippen LogP contribution is -2.46. The van der Waals surface area contributed by atoms with Gasteiger partial charge < -0.3 is 20.7 Å². The third-order valence-corrected chi connectivity index (χ3v) is 5.82. The number of nitrogens with two attached hydrogens (primary N) is 1. The summed E-state index contributed by atoms with van der Waals surface area (Å²) in [4.78, 5) is 2.72. The van der Waals surface area contributed by atoms with Crippen LogP contribution in [0, 0.1) is 6.92 Å². The van der Waals surface area contributed by atoms with Crippen molar-refractivity contribution in [2.24, 2.45) is 0 Å². The van der Waals surface area contributed by atoms with Gasteiger partial charge in [-0.15, -0.1) is 0 Å². The van der Waals surface area contributed by atoms with E-state index in [0.717, 1.165) is 30.4 Å². The lowest BCUT2D eigenvalue weighted by atomic mass is 9.90. The Labute approximate surface area is 153 Å². The minimum atomic E-state index is 0.514. The molecule has 0 bridgehead atoms. The van der Waals surface area contributed by atoms with E-state index < -0.39 is 0 Å². The van der Waals surface area contributed by atoms with E-state index in [9.17, 15) is 0 Å². The highest BCUT2D eigenvalue weighted by molar-refractivity contribution is 5.67. The number of benzene rings is 1. The highest BCUT2D eigenvalue weighted by Crippen LogP contribution is 2.29. The SMILES string of the molecule is CCCO[C@H]1CC[C@@H](N2CCC(Nc3cc(C)ccc3N)CC2)CC1. The summed E-state index contributed by atoms with van der Waals surface area (Å²) < 4.78 is 5.93. The van der Waals surface area contributed by atoms with Crippen molar-refractivity contribution in [2.75, 3.05) is 30.7 Å². The summed E-state index contributed by atoms with van der Waals surface area (Å²) in [5.74, 6) is 0. The van der Waals surface area contributed by atoms with Crippen LogP contribution < -0.4 is 11.1 Å². The predicted octanol–water partition coefficient (Wildman–Crippen LogP) is 4.19. The Morgan fingerprint density at radius 3 is 2.52 bits per heavy atom. The number of rotatable bonds is 6. The Morgan fingerprint density at radius 2 is 1.84 bits per heavy atom. The average molecular weight is 346 g/mol. The number of nitrogens with one attached hydrogen (secondary N) is 1. The Hall–Kier alpha value is -1.26. The first-order valence-electron chi connectivity index (χ1n) is 10.1. The number of piperidine rings is 1. The number of hydrogen-bond donors (Lipinski definition) is 2. The smallest absolute Gasteiger partial charge is 0.0578 e. The van der Waals surface area contributed by atoms with Gasteiger partial charge in [0.25, 0.3) is 0 Å². The molecule has 0 aromatic heterocycles. The van der Waals surface area contributed by atoms with Crippen LogP contribution >= 0.6 is 0 Å². The molecule has 1 saturated carbocycles. The molecular weight excluding hydrogens is 310 g/mol. The molecule has 2 aliphatic rings. The van der Waals surface area contributed by atoms with Crippen molar-refractivity contribution in [1.82, 2.24) is 4.90 Å². The molecule has 0 radical (unpaired) electrons. The van der Waals surface area contributed by atoms with Crippen LogP contribution in [0.25, 0.3) is 0 Å². The van der Waals surface area contributed by atoms with Crippen LogP contribution in [0.4, 0.5) is 11.4 Å². The fraction of sp³-hybridized carbons (Fsp3) is 0.714. The first-order valence-corrected chi connectivity index (χ1v) is 10.1. The number of ether oxygens (including phenoxy) is 1. The molecule has 4 nitrogen and oxygen atoms in total. The van der Waals surface area contributed by atoms with Crippen molar-refractivity contribution < 1.29 is 4.74 Å². The van der Waals surface area contributed by atoms with E-state index in [1.807, 2.05) is 6.07 Å². The van der Waals surface area contributed by atoms with Crippen molar-refractivity contribution in [3.05, 3.63) is 23.8 Å². The summed E-state index contributed by atoms with van der Waals surface area (Å²) >= 11 is 0. The normalized spacial score (nSPS) is 25.8. The van der Waals surface area contributed by atoms with Gasteiger partial charge in [-0.2, -0.15) is 0 Å².